The van der Waals surface area contributed by atoms with Crippen molar-refractivity contribution in [1.29, 1.82) is 0 Å². The van der Waals surface area contributed by atoms with Crippen LogP contribution in [0.3, 0.4) is 0 Å². The van der Waals surface area contributed by atoms with E-state index < -0.39 is 0 Å². The van der Waals surface area contributed by atoms with Gasteiger partial charge in [-0.05, 0) is 28.1 Å². The Bertz CT molecular complexity index is 399. The van der Waals surface area contributed by atoms with Gasteiger partial charge in [0, 0.05) is 30.6 Å². The summed E-state index contributed by atoms with van der Waals surface area (Å²) < 4.78 is 6.18. The van der Waals surface area contributed by atoms with Crippen LogP contribution in [-0.2, 0) is 13.0 Å². The van der Waals surface area contributed by atoms with Crippen molar-refractivity contribution in [2.24, 2.45) is 0 Å². The topological polar surface area (TPSA) is 38.1 Å². The zero-order chi connectivity index (χ0) is 10.5. The molecule has 0 saturated carbocycles. The zero-order valence-corrected chi connectivity index (χ0v) is 10.5. The first-order valence-electron chi connectivity index (χ1n) is 4.67. The monoisotopic (exact) mass is 286 g/mol. The summed E-state index contributed by atoms with van der Waals surface area (Å²) in [5.74, 6) is 0.999. The van der Waals surface area contributed by atoms with Crippen LogP contribution in [0.15, 0.2) is 32.9 Å². The molecule has 0 aromatic carbocycles. The maximum atomic E-state index is 5.39. The third-order valence-corrected chi connectivity index (χ3v) is 3.17. The average molecular weight is 287 g/mol. The zero-order valence-electron chi connectivity index (χ0n) is 8.07. The van der Waals surface area contributed by atoms with Crippen LogP contribution >= 0.6 is 27.3 Å². The van der Waals surface area contributed by atoms with Crippen molar-refractivity contribution in [3.8, 4) is 0 Å². The molecule has 2 heterocycles. The standard InChI is InChI=1S/C10H11BrN2OS/c11-10-2-1-8(14-10)3-4-12-5-9-6-13-7-15-9/h1-2,6-7,12H,3-5H2. The fourth-order valence-corrected chi connectivity index (χ4v) is 2.14. The molecule has 0 atom stereocenters. The van der Waals surface area contributed by atoms with Gasteiger partial charge in [-0.2, -0.15) is 0 Å². The van der Waals surface area contributed by atoms with Gasteiger partial charge in [0.1, 0.15) is 5.76 Å². The van der Waals surface area contributed by atoms with Crippen molar-refractivity contribution in [2.45, 2.75) is 13.0 Å². The Kier molecular flexibility index (Phi) is 3.94. The maximum Gasteiger partial charge on any atom is 0.169 e. The lowest BCUT2D eigenvalue weighted by Crippen LogP contribution is -2.15. The van der Waals surface area contributed by atoms with Gasteiger partial charge in [-0.15, -0.1) is 11.3 Å². The third-order valence-electron chi connectivity index (χ3n) is 1.96. The predicted octanol–water partition coefficient (Wildman–Crippen LogP) is 2.83. The molecular formula is C10H11BrN2OS. The Labute approximate surface area is 101 Å². The second-order valence-electron chi connectivity index (χ2n) is 3.10. The lowest BCUT2D eigenvalue weighted by Gasteiger charge is -2.00. The van der Waals surface area contributed by atoms with Gasteiger partial charge >= 0.3 is 0 Å². The summed E-state index contributed by atoms with van der Waals surface area (Å²) in [4.78, 5) is 5.28. The van der Waals surface area contributed by atoms with Crippen LogP contribution in [0.25, 0.3) is 0 Å². The van der Waals surface area contributed by atoms with E-state index in [2.05, 4.69) is 26.2 Å². The van der Waals surface area contributed by atoms with Gasteiger partial charge in [0.2, 0.25) is 0 Å². The number of nitrogens with zero attached hydrogens (tertiary/aromatic N) is 1. The van der Waals surface area contributed by atoms with Gasteiger partial charge in [0.15, 0.2) is 4.67 Å². The minimum atomic E-state index is 0.792. The molecule has 0 spiro atoms. The lowest BCUT2D eigenvalue weighted by molar-refractivity contribution is 0.479. The van der Waals surface area contributed by atoms with E-state index in [0.717, 1.165) is 29.9 Å². The van der Waals surface area contributed by atoms with E-state index in [1.54, 1.807) is 11.3 Å². The number of furan rings is 1. The molecular weight excluding hydrogens is 276 g/mol. The molecule has 15 heavy (non-hydrogen) atoms. The van der Waals surface area contributed by atoms with Crippen molar-refractivity contribution in [1.82, 2.24) is 10.3 Å². The van der Waals surface area contributed by atoms with Gasteiger partial charge in [0.05, 0.1) is 5.51 Å². The fourth-order valence-electron chi connectivity index (χ4n) is 1.24. The normalized spacial score (nSPS) is 10.7. The summed E-state index contributed by atoms with van der Waals surface area (Å²) >= 11 is 4.95. The summed E-state index contributed by atoms with van der Waals surface area (Å²) in [5.41, 5.74) is 1.85. The molecule has 2 aromatic heterocycles. The Morgan fingerprint density at radius 2 is 2.40 bits per heavy atom. The first-order valence-corrected chi connectivity index (χ1v) is 6.34. The molecule has 2 rings (SSSR count). The molecule has 0 saturated heterocycles. The van der Waals surface area contributed by atoms with E-state index in [9.17, 15) is 0 Å². The van der Waals surface area contributed by atoms with Gasteiger partial charge in [-0.3, -0.25) is 4.98 Å². The van der Waals surface area contributed by atoms with Crippen molar-refractivity contribution >= 4 is 27.3 Å². The smallest absolute Gasteiger partial charge is 0.169 e. The minimum Gasteiger partial charge on any atom is -0.454 e. The molecule has 0 aliphatic carbocycles. The molecule has 0 aliphatic rings. The highest BCUT2D eigenvalue weighted by Crippen LogP contribution is 2.14. The predicted molar refractivity (Wildman–Crippen MR) is 63.9 cm³/mol. The summed E-state index contributed by atoms with van der Waals surface area (Å²) in [6.07, 6.45) is 2.80. The number of hydrogen-bond acceptors (Lipinski definition) is 4. The molecule has 0 fully saturated rings. The largest absolute Gasteiger partial charge is 0.454 e. The Morgan fingerprint density at radius 1 is 1.47 bits per heavy atom. The molecule has 0 bridgehead atoms. The summed E-state index contributed by atoms with van der Waals surface area (Å²) in [6, 6.07) is 3.90. The number of aromatic nitrogens is 1. The second kappa shape index (κ2) is 5.44. The molecule has 1 N–H and O–H groups in total. The van der Waals surface area contributed by atoms with Crippen molar-refractivity contribution in [3.63, 3.8) is 0 Å². The van der Waals surface area contributed by atoms with Crippen LogP contribution < -0.4 is 5.32 Å². The molecule has 0 unspecified atom stereocenters. The van der Waals surface area contributed by atoms with E-state index in [4.69, 9.17) is 4.42 Å². The molecule has 80 valence electrons. The van der Waals surface area contributed by atoms with Crippen molar-refractivity contribution < 1.29 is 4.42 Å². The van der Waals surface area contributed by atoms with Crippen LogP contribution in [0.4, 0.5) is 0 Å². The minimum absolute atomic E-state index is 0.792. The number of nitrogens with one attached hydrogen (secondary N) is 1. The Balaban J connectivity index is 1.67. The average Bonchev–Trinajstić information content (AvgIpc) is 2.84. The van der Waals surface area contributed by atoms with Crippen molar-refractivity contribution in [2.75, 3.05) is 6.54 Å². The second-order valence-corrected chi connectivity index (χ2v) is 4.85. The first kappa shape index (κ1) is 10.9. The van der Waals surface area contributed by atoms with Crippen LogP contribution in [0, 0.1) is 0 Å². The van der Waals surface area contributed by atoms with Crippen LogP contribution in [-0.4, -0.2) is 11.5 Å². The lowest BCUT2D eigenvalue weighted by atomic mass is 10.3. The number of thiazole rings is 1. The third kappa shape index (κ3) is 3.44. The quantitative estimate of drug-likeness (QED) is 0.859. The summed E-state index contributed by atoms with van der Waals surface area (Å²) in [7, 11) is 0. The van der Waals surface area contributed by atoms with Gasteiger partial charge in [-0.1, -0.05) is 0 Å². The summed E-state index contributed by atoms with van der Waals surface area (Å²) in [6.45, 7) is 1.80. The van der Waals surface area contributed by atoms with Gasteiger partial charge in [-0.25, -0.2) is 0 Å². The highest BCUT2D eigenvalue weighted by molar-refractivity contribution is 9.10. The van der Waals surface area contributed by atoms with E-state index in [1.807, 2.05) is 23.8 Å². The van der Waals surface area contributed by atoms with Crippen LogP contribution in [0.2, 0.25) is 0 Å². The molecule has 3 nitrogen and oxygen atoms in total. The van der Waals surface area contributed by atoms with E-state index in [1.165, 1.54) is 4.88 Å². The Morgan fingerprint density at radius 3 is 3.07 bits per heavy atom. The molecule has 5 heteroatoms. The number of halogens is 1. The Hall–Kier alpha value is -0.650. The number of rotatable bonds is 5. The molecule has 0 aliphatic heterocycles. The molecule has 2 aromatic rings. The van der Waals surface area contributed by atoms with Gasteiger partial charge < -0.3 is 9.73 Å². The van der Waals surface area contributed by atoms with E-state index >= 15 is 0 Å². The fraction of sp³-hybridized carbons (Fsp3) is 0.300. The van der Waals surface area contributed by atoms with E-state index in [-0.39, 0.29) is 0 Å². The first-order chi connectivity index (χ1) is 7.34. The molecule has 0 radical (unpaired) electrons. The number of hydrogen-bond donors (Lipinski definition) is 1. The SMILES string of the molecule is Brc1ccc(CCNCc2cncs2)o1. The van der Waals surface area contributed by atoms with Crippen molar-refractivity contribution in [3.05, 3.63) is 39.1 Å². The van der Waals surface area contributed by atoms with Crippen LogP contribution in [0.1, 0.15) is 10.6 Å². The van der Waals surface area contributed by atoms with Crippen LogP contribution in [0.5, 0.6) is 0 Å². The maximum absolute atomic E-state index is 5.39. The van der Waals surface area contributed by atoms with E-state index in [0.29, 0.717) is 0 Å². The van der Waals surface area contributed by atoms with Gasteiger partial charge in [0.25, 0.3) is 0 Å². The highest BCUT2D eigenvalue weighted by Gasteiger charge is 1.99. The summed E-state index contributed by atoms with van der Waals surface area (Å²) in [5, 5.41) is 3.34. The highest BCUT2D eigenvalue weighted by atomic mass is 79.9. The molecule has 0 amide bonds.